The first kappa shape index (κ1) is 12.0. The number of fused-ring (bicyclic) bond motifs is 1. The summed E-state index contributed by atoms with van der Waals surface area (Å²) in [4.78, 5) is 8.51. The minimum atomic E-state index is -0.397. The topological polar surface area (TPSA) is 37.8 Å². The number of aromatic nitrogens is 2. The zero-order valence-corrected chi connectivity index (χ0v) is 11.4. The predicted octanol–water partition coefficient (Wildman–Crippen LogP) is 3.85. The van der Waals surface area contributed by atoms with Gasteiger partial charge in [-0.15, -0.1) is 11.3 Å². The summed E-state index contributed by atoms with van der Waals surface area (Å²) in [5.41, 5.74) is 1.30. The van der Waals surface area contributed by atoms with E-state index in [1.165, 1.54) is 4.70 Å². The van der Waals surface area contributed by atoms with Crippen molar-refractivity contribution in [2.75, 3.05) is 12.4 Å². The lowest BCUT2D eigenvalue weighted by Crippen LogP contribution is -2.03. The zero-order chi connectivity index (χ0) is 13.4. The summed E-state index contributed by atoms with van der Waals surface area (Å²) in [6.07, 6.45) is 0. The minimum absolute atomic E-state index is 0.234. The minimum Gasteiger partial charge on any atom is -0.371 e. The number of nitrogens with one attached hydrogen (secondary N) is 1. The molecule has 0 bridgehead atoms. The molecule has 1 N–H and O–H groups in total. The van der Waals surface area contributed by atoms with E-state index in [1.807, 2.05) is 23.6 Å². The van der Waals surface area contributed by atoms with Crippen LogP contribution in [0, 0.1) is 12.7 Å². The normalized spacial score (nSPS) is 10.9. The molecule has 0 amide bonds. The fourth-order valence-corrected chi connectivity index (χ4v) is 2.94. The average molecular weight is 273 g/mol. The van der Waals surface area contributed by atoms with Gasteiger partial charge in [-0.1, -0.05) is 18.2 Å². The average Bonchev–Trinajstić information content (AvgIpc) is 2.85. The van der Waals surface area contributed by atoms with Gasteiger partial charge in [-0.2, -0.15) is 0 Å². The van der Waals surface area contributed by atoms with Crippen LogP contribution in [0.4, 0.5) is 10.2 Å². The lowest BCUT2D eigenvalue weighted by Gasteiger charge is -2.06. The summed E-state index contributed by atoms with van der Waals surface area (Å²) in [6, 6.07) is 8.06. The largest absolute Gasteiger partial charge is 0.371 e. The number of thiophene rings is 1. The van der Waals surface area contributed by atoms with Crippen molar-refractivity contribution in [1.82, 2.24) is 9.97 Å². The summed E-state index contributed by atoms with van der Waals surface area (Å²) in [6.45, 7) is 1.65. The molecule has 2 aromatic heterocycles. The molecule has 19 heavy (non-hydrogen) atoms. The second-order valence-corrected chi connectivity index (χ2v) is 5.10. The number of anilines is 1. The molecule has 2 heterocycles. The fraction of sp³-hybridized carbons (Fsp3) is 0.143. The molecular weight excluding hydrogens is 261 g/mol. The van der Waals surface area contributed by atoms with Gasteiger partial charge < -0.3 is 5.32 Å². The van der Waals surface area contributed by atoms with E-state index in [0.717, 1.165) is 10.9 Å². The Labute approximate surface area is 114 Å². The maximum absolute atomic E-state index is 13.8. The van der Waals surface area contributed by atoms with Crippen LogP contribution in [0.1, 0.15) is 5.69 Å². The third kappa shape index (κ3) is 1.96. The second-order valence-electron chi connectivity index (χ2n) is 4.19. The van der Waals surface area contributed by atoms with Crippen LogP contribution in [0.2, 0.25) is 0 Å². The van der Waals surface area contributed by atoms with Crippen LogP contribution in [0.5, 0.6) is 0 Å². The molecule has 0 atom stereocenters. The number of nitrogens with zero attached hydrogens (tertiary/aromatic N) is 2. The third-order valence-corrected chi connectivity index (χ3v) is 3.94. The number of hydrogen-bond donors (Lipinski definition) is 1. The Morgan fingerprint density at radius 3 is 2.79 bits per heavy atom. The monoisotopic (exact) mass is 273 g/mol. The molecule has 0 aliphatic rings. The van der Waals surface area contributed by atoms with Crippen LogP contribution in [0.15, 0.2) is 29.6 Å². The lowest BCUT2D eigenvalue weighted by atomic mass is 10.1. The van der Waals surface area contributed by atoms with Gasteiger partial charge in [0.05, 0.1) is 5.69 Å². The molecular formula is C14H12FN3S. The Balaban J connectivity index is 2.24. The molecule has 0 fully saturated rings. The summed E-state index contributed by atoms with van der Waals surface area (Å²) >= 11 is 1.64. The van der Waals surface area contributed by atoms with E-state index in [2.05, 4.69) is 21.4 Å². The van der Waals surface area contributed by atoms with Crippen LogP contribution < -0.4 is 5.32 Å². The van der Waals surface area contributed by atoms with Gasteiger partial charge in [0.1, 0.15) is 0 Å². The van der Waals surface area contributed by atoms with E-state index in [-0.39, 0.29) is 5.82 Å². The highest BCUT2D eigenvalue weighted by molar-refractivity contribution is 7.17. The van der Waals surface area contributed by atoms with Crippen molar-refractivity contribution in [3.8, 4) is 11.4 Å². The Bertz CT molecular complexity index is 752. The van der Waals surface area contributed by atoms with E-state index >= 15 is 0 Å². The highest BCUT2D eigenvalue weighted by atomic mass is 32.1. The third-order valence-electron chi connectivity index (χ3n) is 2.98. The Morgan fingerprint density at radius 2 is 2.00 bits per heavy atom. The van der Waals surface area contributed by atoms with Crippen LogP contribution in [-0.4, -0.2) is 17.0 Å². The van der Waals surface area contributed by atoms with Crippen molar-refractivity contribution in [3.63, 3.8) is 0 Å². The van der Waals surface area contributed by atoms with Crippen molar-refractivity contribution < 1.29 is 4.39 Å². The van der Waals surface area contributed by atoms with E-state index < -0.39 is 5.82 Å². The van der Waals surface area contributed by atoms with Gasteiger partial charge in [-0.05, 0) is 13.0 Å². The van der Waals surface area contributed by atoms with Crippen LogP contribution in [0.25, 0.3) is 21.5 Å². The van der Waals surface area contributed by atoms with Crippen molar-refractivity contribution in [2.45, 2.75) is 6.92 Å². The van der Waals surface area contributed by atoms with Gasteiger partial charge in [0.25, 0.3) is 0 Å². The van der Waals surface area contributed by atoms with Gasteiger partial charge in [-0.25, -0.2) is 14.4 Å². The standard InChI is InChI=1S/C14H12FN3S/c1-8-12(15)14(16-2)18-13(17-8)10-7-19-11-6-4-3-5-9(10)11/h3-7H,1-2H3,(H,16,17,18). The van der Waals surface area contributed by atoms with Crippen molar-refractivity contribution in [1.29, 1.82) is 0 Å². The fourth-order valence-electron chi connectivity index (χ4n) is 2.00. The van der Waals surface area contributed by atoms with Gasteiger partial charge in [0, 0.05) is 28.1 Å². The summed E-state index contributed by atoms with van der Waals surface area (Å²) < 4.78 is 14.9. The molecule has 3 aromatic rings. The molecule has 0 aliphatic carbocycles. The number of halogens is 1. The molecule has 0 saturated heterocycles. The van der Waals surface area contributed by atoms with E-state index in [1.54, 1.807) is 25.3 Å². The van der Waals surface area contributed by atoms with Crippen LogP contribution in [-0.2, 0) is 0 Å². The molecule has 3 nitrogen and oxygen atoms in total. The zero-order valence-electron chi connectivity index (χ0n) is 10.6. The van der Waals surface area contributed by atoms with E-state index in [4.69, 9.17) is 0 Å². The molecule has 3 rings (SSSR count). The predicted molar refractivity (Wildman–Crippen MR) is 77.1 cm³/mol. The van der Waals surface area contributed by atoms with Crippen molar-refractivity contribution in [2.24, 2.45) is 0 Å². The lowest BCUT2D eigenvalue weighted by molar-refractivity contribution is 0.607. The number of hydrogen-bond acceptors (Lipinski definition) is 4. The molecule has 0 aliphatic heterocycles. The molecule has 0 unspecified atom stereocenters. The maximum Gasteiger partial charge on any atom is 0.186 e. The van der Waals surface area contributed by atoms with E-state index in [9.17, 15) is 4.39 Å². The first-order valence-corrected chi connectivity index (χ1v) is 6.77. The SMILES string of the molecule is CNc1nc(-c2csc3ccccc23)nc(C)c1F. The van der Waals surface area contributed by atoms with Crippen molar-refractivity contribution >= 4 is 27.2 Å². The smallest absolute Gasteiger partial charge is 0.186 e. The first-order chi connectivity index (χ1) is 9.20. The molecule has 96 valence electrons. The maximum atomic E-state index is 13.8. The second kappa shape index (κ2) is 4.59. The Hall–Kier alpha value is -2.01. The molecule has 0 spiro atoms. The van der Waals surface area contributed by atoms with E-state index in [0.29, 0.717) is 11.5 Å². The molecule has 0 radical (unpaired) electrons. The first-order valence-electron chi connectivity index (χ1n) is 5.89. The highest BCUT2D eigenvalue weighted by Gasteiger charge is 2.14. The van der Waals surface area contributed by atoms with Crippen LogP contribution >= 0.6 is 11.3 Å². The van der Waals surface area contributed by atoms with Gasteiger partial charge in [0.2, 0.25) is 0 Å². The quantitative estimate of drug-likeness (QED) is 0.770. The molecule has 1 aromatic carbocycles. The molecule has 0 saturated carbocycles. The molecule has 5 heteroatoms. The van der Waals surface area contributed by atoms with Gasteiger partial charge in [-0.3, -0.25) is 0 Å². The summed E-state index contributed by atoms with van der Waals surface area (Å²) in [7, 11) is 1.65. The number of benzene rings is 1. The Kier molecular flexibility index (Phi) is 2.91. The Morgan fingerprint density at radius 1 is 1.21 bits per heavy atom. The van der Waals surface area contributed by atoms with Gasteiger partial charge >= 0.3 is 0 Å². The summed E-state index contributed by atoms with van der Waals surface area (Å²) in [5, 5.41) is 5.87. The number of aryl methyl sites for hydroxylation is 1. The highest BCUT2D eigenvalue weighted by Crippen LogP contribution is 2.32. The van der Waals surface area contributed by atoms with Gasteiger partial charge in [0.15, 0.2) is 17.5 Å². The van der Waals surface area contributed by atoms with Crippen molar-refractivity contribution in [3.05, 3.63) is 41.2 Å². The van der Waals surface area contributed by atoms with Crippen LogP contribution in [0.3, 0.4) is 0 Å². The summed E-state index contributed by atoms with van der Waals surface area (Å²) in [5.74, 6) is 0.393. The number of rotatable bonds is 2.